The van der Waals surface area contributed by atoms with Crippen LogP contribution in [0.5, 0.6) is 5.75 Å². The second-order valence-electron chi connectivity index (χ2n) is 5.36. The molecule has 0 heterocycles. The second-order valence-corrected chi connectivity index (χ2v) is 5.36. The monoisotopic (exact) mass is 268 g/mol. The van der Waals surface area contributed by atoms with E-state index in [4.69, 9.17) is 9.84 Å². The van der Waals surface area contributed by atoms with Crippen molar-refractivity contribution in [2.45, 2.75) is 32.3 Å². The van der Waals surface area contributed by atoms with Gasteiger partial charge in [0.25, 0.3) is 0 Å². The number of fused-ring (bicyclic) bond motifs is 1. The summed E-state index contributed by atoms with van der Waals surface area (Å²) in [4.78, 5) is 0. The molecular formula is C18H20O2. The zero-order valence-electron chi connectivity index (χ0n) is 11.6. The van der Waals surface area contributed by atoms with Gasteiger partial charge in [0.05, 0.1) is 0 Å². The largest absolute Gasteiger partial charge is 0.489 e. The van der Waals surface area contributed by atoms with Gasteiger partial charge in [0.15, 0.2) is 0 Å². The highest BCUT2D eigenvalue weighted by Crippen LogP contribution is 2.23. The maximum atomic E-state index is 8.89. The van der Waals surface area contributed by atoms with E-state index in [-0.39, 0.29) is 6.61 Å². The number of rotatable bonds is 5. The molecule has 0 fully saturated rings. The van der Waals surface area contributed by atoms with Crippen LogP contribution >= 0.6 is 0 Å². The van der Waals surface area contributed by atoms with Crippen molar-refractivity contribution in [3.05, 3.63) is 64.7 Å². The lowest BCUT2D eigenvalue weighted by Crippen LogP contribution is -1.97. The summed E-state index contributed by atoms with van der Waals surface area (Å²) in [6.45, 7) is 0.807. The predicted molar refractivity (Wildman–Crippen MR) is 80.0 cm³/mol. The van der Waals surface area contributed by atoms with Crippen LogP contribution < -0.4 is 4.74 Å². The first-order valence-corrected chi connectivity index (χ1v) is 7.28. The molecule has 0 atom stereocenters. The van der Waals surface area contributed by atoms with E-state index in [1.165, 1.54) is 36.0 Å². The third-order valence-electron chi connectivity index (χ3n) is 3.89. The molecule has 0 saturated heterocycles. The molecule has 1 aliphatic rings. The quantitative estimate of drug-likeness (QED) is 0.901. The number of hydrogen-bond donors (Lipinski definition) is 1. The van der Waals surface area contributed by atoms with E-state index in [2.05, 4.69) is 18.2 Å². The van der Waals surface area contributed by atoms with Gasteiger partial charge in [-0.05, 0) is 60.1 Å². The fourth-order valence-electron chi connectivity index (χ4n) is 2.76. The summed E-state index contributed by atoms with van der Waals surface area (Å²) in [5.74, 6) is 0.882. The summed E-state index contributed by atoms with van der Waals surface area (Å²) in [5, 5.41) is 8.89. The SMILES string of the molecule is OCCc1ccc(OCc2ccc3c(c2)CCC3)cc1. The number of hydrogen-bond acceptors (Lipinski definition) is 2. The summed E-state index contributed by atoms with van der Waals surface area (Å²) < 4.78 is 5.82. The van der Waals surface area contributed by atoms with E-state index in [9.17, 15) is 0 Å². The van der Waals surface area contributed by atoms with Crippen molar-refractivity contribution in [1.29, 1.82) is 0 Å². The average molecular weight is 268 g/mol. The standard InChI is InChI=1S/C18H20O2/c19-11-10-14-5-8-18(9-6-14)20-13-15-4-7-16-2-1-3-17(16)12-15/h4-9,12,19H,1-3,10-11,13H2. The molecule has 104 valence electrons. The molecule has 0 spiro atoms. The molecular weight excluding hydrogens is 248 g/mol. The summed E-state index contributed by atoms with van der Waals surface area (Å²) in [6.07, 6.45) is 4.42. The smallest absolute Gasteiger partial charge is 0.119 e. The fraction of sp³-hybridized carbons (Fsp3) is 0.333. The normalized spacial score (nSPS) is 13.2. The summed E-state index contributed by atoms with van der Waals surface area (Å²) in [6, 6.07) is 14.7. The Hall–Kier alpha value is -1.80. The van der Waals surface area contributed by atoms with Crippen molar-refractivity contribution in [2.75, 3.05) is 6.61 Å². The van der Waals surface area contributed by atoms with Crippen molar-refractivity contribution < 1.29 is 9.84 Å². The first-order chi connectivity index (χ1) is 9.85. The van der Waals surface area contributed by atoms with Gasteiger partial charge in [0.1, 0.15) is 12.4 Å². The van der Waals surface area contributed by atoms with E-state index >= 15 is 0 Å². The molecule has 0 aromatic heterocycles. The van der Waals surface area contributed by atoms with Crippen LogP contribution in [-0.4, -0.2) is 11.7 Å². The Kier molecular flexibility index (Phi) is 4.03. The van der Waals surface area contributed by atoms with E-state index in [0.29, 0.717) is 13.0 Å². The van der Waals surface area contributed by atoms with Crippen LogP contribution in [0.25, 0.3) is 0 Å². The molecule has 1 N–H and O–H groups in total. The molecule has 2 aromatic rings. The Balaban J connectivity index is 1.61. The summed E-state index contributed by atoms with van der Waals surface area (Å²) >= 11 is 0. The minimum atomic E-state index is 0.190. The van der Waals surface area contributed by atoms with Gasteiger partial charge in [0.2, 0.25) is 0 Å². The molecule has 0 bridgehead atoms. The number of aryl methyl sites for hydroxylation is 2. The molecule has 0 radical (unpaired) electrons. The van der Waals surface area contributed by atoms with Crippen LogP contribution in [-0.2, 0) is 25.9 Å². The fourth-order valence-corrected chi connectivity index (χ4v) is 2.76. The summed E-state index contributed by atoms with van der Waals surface area (Å²) in [5.41, 5.74) is 5.37. The van der Waals surface area contributed by atoms with Crippen LogP contribution in [0.1, 0.15) is 28.7 Å². The van der Waals surface area contributed by atoms with Crippen LogP contribution in [0.15, 0.2) is 42.5 Å². The maximum absolute atomic E-state index is 8.89. The van der Waals surface area contributed by atoms with Gasteiger partial charge < -0.3 is 9.84 Å². The lowest BCUT2D eigenvalue weighted by Gasteiger charge is -2.08. The molecule has 2 aromatic carbocycles. The van der Waals surface area contributed by atoms with Crippen molar-refractivity contribution >= 4 is 0 Å². The van der Waals surface area contributed by atoms with Crippen molar-refractivity contribution in [1.82, 2.24) is 0 Å². The van der Waals surface area contributed by atoms with Crippen LogP contribution in [0.2, 0.25) is 0 Å². The Labute approximate surface area is 120 Å². The molecule has 0 aliphatic heterocycles. The van der Waals surface area contributed by atoms with Gasteiger partial charge in [-0.15, -0.1) is 0 Å². The van der Waals surface area contributed by atoms with E-state index < -0.39 is 0 Å². The van der Waals surface area contributed by atoms with Gasteiger partial charge in [-0.3, -0.25) is 0 Å². The van der Waals surface area contributed by atoms with E-state index in [0.717, 1.165) is 11.3 Å². The van der Waals surface area contributed by atoms with Crippen LogP contribution in [0, 0.1) is 0 Å². The van der Waals surface area contributed by atoms with E-state index in [1.807, 2.05) is 24.3 Å². The van der Waals surface area contributed by atoms with E-state index in [1.54, 1.807) is 0 Å². The molecule has 0 amide bonds. The Morgan fingerprint density at radius 1 is 0.900 bits per heavy atom. The third-order valence-corrected chi connectivity index (χ3v) is 3.89. The Morgan fingerprint density at radius 3 is 2.45 bits per heavy atom. The average Bonchev–Trinajstić information content (AvgIpc) is 2.94. The number of aliphatic hydroxyl groups is 1. The number of aliphatic hydroxyl groups excluding tert-OH is 1. The molecule has 1 aliphatic carbocycles. The minimum Gasteiger partial charge on any atom is -0.489 e. The lowest BCUT2D eigenvalue weighted by molar-refractivity contribution is 0.298. The Bertz CT molecular complexity index is 572. The third kappa shape index (κ3) is 3.02. The molecule has 2 heteroatoms. The molecule has 3 rings (SSSR count). The lowest BCUT2D eigenvalue weighted by atomic mass is 10.1. The molecule has 2 nitrogen and oxygen atoms in total. The molecule has 0 saturated carbocycles. The highest BCUT2D eigenvalue weighted by atomic mass is 16.5. The topological polar surface area (TPSA) is 29.5 Å². The van der Waals surface area contributed by atoms with Gasteiger partial charge in [-0.25, -0.2) is 0 Å². The maximum Gasteiger partial charge on any atom is 0.119 e. The second kappa shape index (κ2) is 6.10. The van der Waals surface area contributed by atoms with Crippen LogP contribution in [0.4, 0.5) is 0 Å². The highest BCUT2D eigenvalue weighted by molar-refractivity contribution is 5.35. The van der Waals surface area contributed by atoms with Gasteiger partial charge in [0, 0.05) is 6.61 Å². The summed E-state index contributed by atoms with van der Waals surface area (Å²) in [7, 11) is 0. The first kappa shape index (κ1) is 13.2. The minimum absolute atomic E-state index is 0.190. The van der Waals surface area contributed by atoms with Crippen molar-refractivity contribution in [3.63, 3.8) is 0 Å². The van der Waals surface area contributed by atoms with Gasteiger partial charge >= 0.3 is 0 Å². The Morgan fingerprint density at radius 2 is 1.65 bits per heavy atom. The first-order valence-electron chi connectivity index (χ1n) is 7.28. The molecule has 0 unspecified atom stereocenters. The highest BCUT2D eigenvalue weighted by Gasteiger charge is 2.10. The van der Waals surface area contributed by atoms with Crippen molar-refractivity contribution in [2.24, 2.45) is 0 Å². The molecule has 20 heavy (non-hydrogen) atoms. The number of benzene rings is 2. The van der Waals surface area contributed by atoms with Gasteiger partial charge in [-0.2, -0.15) is 0 Å². The zero-order valence-corrected chi connectivity index (χ0v) is 11.6. The van der Waals surface area contributed by atoms with Crippen LogP contribution in [0.3, 0.4) is 0 Å². The zero-order chi connectivity index (χ0) is 13.8. The van der Waals surface area contributed by atoms with Crippen molar-refractivity contribution in [3.8, 4) is 5.75 Å². The number of ether oxygens (including phenoxy) is 1. The van der Waals surface area contributed by atoms with Gasteiger partial charge in [-0.1, -0.05) is 30.3 Å². The predicted octanol–water partition coefficient (Wildman–Crippen LogP) is 3.29.